The first-order chi connectivity index (χ1) is 11.2. The fraction of sp³-hybridized carbons (Fsp3) is 0.500. The summed E-state index contributed by atoms with van der Waals surface area (Å²) >= 11 is 0. The number of rotatable bonds is 10. The molecule has 0 saturated heterocycles. The number of ether oxygens (including phenoxy) is 1. The second-order valence-corrected chi connectivity index (χ2v) is 10.3. The molecular formula is C18H29NO3Si. The molecule has 23 heavy (non-hydrogen) atoms. The Hall–Kier alpha value is -1.59. The molecule has 0 radical (unpaired) electrons. The minimum atomic E-state index is -1.50. The van der Waals surface area contributed by atoms with Crippen molar-refractivity contribution in [2.75, 3.05) is 6.61 Å². The number of benzene rings is 1. The topological polar surface area (TPSA) is 47.6 Å². The Bertz CT molecular complexity index is 464. The van der Waals surface area contributed by atoms with Gasteiger partial charge in [0.2, 0.25) is 0 Å². The Morgan fingerprint density at radius 3 is 2.39 bits per heavy atom. The largest absolute Gasteiger partial charge is 0.444 e. The summed E-state index contributed by atoms with van der Waals surface area (Å²) in [6.45, 7) is 7.66. The van der Waals surface area contributed by atoms with E-state index in [4.69, 9.17) is 9.16 Å². The fourth-order valence-corrected chi connectivity index (χ4v) is 5.04. The first-order valence-electron chi connectivity index (χ1n) is 8.42. The van der Waals surface area contributed by atoms with Crippen LogP contribution < -0.4 is 5.32 Å². The number of hydrogen-bond acceptors (Lipinski definition) is 3. The molecule has 1 rings (SSSR count). The van der Waals surface area contributed by atoms with Gasteiger partial charge in [-0.3, -0.25) is 5.32 Å². The molecule has 1 N–H and O–H groups in total. The van der Waals surface area contributed by atoms with Crippen LogP contribution in [0, 0.1) is 0 Å². The van der Waals surface area contributed by atoms with Crippen molar-refractivity contribution in [1.29, 1.82) is 0 Å². The van der Waals surface area contributed by atoms with E-state index in [0.29, 0.717) is 0 Å². The first kappa shape index (κ1) is 19.5. The molecule has 1 amide bonds. The van der Waals surface area contributed by atoms with E-state index in [-0.39, 0.29) is 6.61 Å². The molecule has 0 bridgehead atoms. The van der Waals surface area contributed by atoms with Crippen LogP contribution in [-0.2, 0) is 15.8 Å². The maximum atomic E-state index is 11.5. The Balaban J connectivity index is 2.17. The van der Waals surface area contributed by atoms with Gasteiger partial charge in [-0.15, -0.1) is 0 Å². The summed E-state index contributed by atoms with van der Waals surface area (Å²) in [6, 6.07) is 13.1. The van der Waals surface area contributed by atoms with E-state index in [1.165, 1.54) is 0 Å². The molecule has 0 spiro atoms. The van der Waals surface area contributed by atoms with E-state index < -0.39 is 14.4 Å². The average Bonchev–Trinajstić information content (AvgIpc) is 2.61. The third kappa shape index (κ3) is 7.48. The molecule has 128 valence electrons. The highest BCUT2D eigenvalue weighted by atomic mass is 28.4. The highest BCUT2D eigenvalue weighted by Gasteiger charge is 2.27. The van der Waals surface area contributed by atoms with Crippen molar-refractivity contribution in [2.24, 2.45) is 0 Å². The van der Waals surface area contributed by atoms with Crippen molar-refractivity contribution in [3.63, 3.8) is 0 Å². The molecule has 0 aliphatic carbocycles. The van der Waals surface area contributed by atoms with Crippen LogP contribution in [0.2, 0.25) is 18.1 Å². The van der Waals surface area contributed by atoms with Crippen LogP contribution in [0.3, 0.4) is 0 Å². The molecule has 0 heterocycles. The predicted molar refractivity (Wildman–Crippen MR) is 96.7 cm³/mol. The Morgan fingerprint density at radius 2 is 1.78 bits per heavy atom. The zero-order valence-corrected chi connectivity index (χ0v) is 15.5. The van der Waals surface area contributed by atoms with Gasteiger partial charge in [-0.2, -0.15) is 0 Å². The normalized spacial score (nSPS) is 11.6. The van der Waals surface area contributed by atoms with Crippen LogP contribution in [0.15, 0.2) is 42.6 Å². The highest BCUT2D eigenvalue weighted by Crippen LogP contribution is 2.21. The quantitative estimate of drug-likeness (QED) is 0.492. The second-order valence-electron chi connectivity index (χ2n) is 5.49. The van der Waals surface area contributed by atoms with Crippen molar-refractivity contribution in [3.05, 3.63) is 48.2 Å². The van der Waals surface area contributed by atoms with Gasteiger partial charge in [0.1, 0.15) is 6.61 Å². The van der Waals surface area contributed by atoms with Crippen molar-refractivity contribution in [1.82, 2.24) is 5.32 Å². The molecule has 0 aliphatic heterocycles. The lowest BCUT2D eigenvalue weighted by atomic mass is 10.2. The van der Waals surface area contributed by atoms with E-state index in [1.54, 1.807) is 6.20 Å². The first-order valence-corrected chi connectivity index (χ1v) is 10.9. The van der Waals surface area contributed by atoms with Gasteiger partial charge >= 0.3 is 6.09 Å². The van der Waals surface area contributed by atoms with Crippen LogP contribution in [0.4, 0.5) is 4.79 Å². The van der Waals surface area contributed by atoms with Gasteiger partial charge in [0, 0.05) is 12.8 Å². The number of amides is 1. The Labute approximate surface area is 141 Å². The number of carbonyl (C=O) groups excluding carboxylic acids is 1. The third-order valence-electron chi connectivity index (χ3n) is 4.16. The summed E-state index contributed by atoms with van der Waals surface area (Å²) in [7, 11) is -1.50. The smallest absolute Gasteiger partial charge is 0.411 e. The van der Waals surface area contributed by atoms with Gasteiger partial charge in [0.25, 0.3) is 0 Å². The SMILES string of the molecule is CC[Si](CC)(CC)OCC/C=C/NC(=O)OCc1ccccc1. The van der Waals surface area contributed by atoms with Crippen LogP contribution in [-0.4, -0.2) is 21.0 Å². The molecule has 1 aromatic carbocycles. The van der Waals surface area contributed by atoms with E-state index in [9.17, 15) is 4.79 Å². The summed E-state index contributed by atoms with van der Waals surface area (Å²) < 4.78 is 11.2. The van der Waals surface area contributed by atoms with E-state index in [0.717, 1.165) is 36.7 Å². The molecule has 1 aromatic rings. The molecule has 0 aliphatic rings. The van der Waals surface area contributed by atoms with Crippen molar-refractivity contribution >= 4 is 14.4 Å². The fourth-order valence-electron chi connectivity index (χ4n) is 2.37. The Morgan fingerprint density at radius 1 is 1.13 bits per heavy atom. The molecular weight excluding hydrogens is 306 g/mol. The monoisotopic (exact) mass is 335 g/mol. The number of nitrogens with one attached hydrogen (secondary N) is 1. The number of hydrogen-bond donors (Lipinski definition) is 1. The third-order valence-corrected chi connectivity index (χ3v) is 8.84. The molecule has 0 atom stereocenters. The van der Waals surface area contributed by atoms with Gasteiger partial charge < -0.3 is 9.16 Å². The van der Waals surface area contributed by atoms with Gasteiger partial charge in [-0.25, -0.2) is 4.79 Å². The lowest BCUT2D eigenvalue weighted by molar-refractivity contribution is 0.143. The molecule has 5 heteroatoms. The molecule has 0 saturated carbocycles. The minimum absolute atomic E-state index is 0.279. The second kappa shape index (κ2) is 11.0. The zero-order chi connectivity index (χ0) is 17.0. The summed E-state index contributed by atoms with van der Waals surface area (Å²) in [6.07, 6.45) is 3.90. The number of alkyl carbamates (subject to hydrolysis) is 1. The number of carbonyl (C=O) groups is 1. The molecule has 0 unspecified atom stereocenters. The van der Waals surface area contributed by atoms with Gasteiger partial charge in [0.15, 0.2) is 8.32 Å². The van der Waals surface area contributed by atoms with E-state index in [1.807, 2.05) is 36.4 Å². The van der Waals surface area contributed by atoms with Crippen LogP contribution in [0.1, 0.15) is 32.8 Å². The van der Waals surface area contributed by atoms with Gasteiger partial charge in [0.05, 0.1) is 0 Å². The van der Waals surface area contributed by atoms with Crippen molar-refractivity contribution in [2.45, 2.75) is 51.9 Å². The van der Waals surface area contributed by atoms with Crippen LogP contribution in [0.5, 0.6) is 0 Å². The zero-order valence-electron chi connectivity index (χ0n) is 14.5. The average molecular weight is 336 g/mol. The summed E-state index contributed by atoms with van der Waals surface area (Å²) in [4.78, 5) is 11.5. The minimum Gasteiger partial charge on any atom is -0.444 e. The standard InChI is InChI=1S/C18H29NO3Si/c1-4-23(5-2,6-3)22-15-11-10-14-19-18(20)21-16-17-12-8-7-9-13-17/h7-10,12-14H,4-6,11,15-16H2,1-3H3,(H,19,20)/b14-10+. The van der Waals surface area contributed by atoms with E-state index in [2.05, 4.69) is 26.1 Å². The summed E-state index contributed by atoms with van der Waals surface area (Å²) in [5.74, 6) is 0. The van der Waals surface area contributed by atoms with Crippen LogP contribution >= 0.6 is 0 Å². The lowest BCUT2D eigenvalue weighted by Gasteiger charge is -2.27. The Kier molecular flexibility index (Phi) is 9.32. The van der Waals surface area contributed by atoms with Crippen LogP contribution in [0.25, 0.3) is 0 Å². The highest BCUT2D eigenvalue weighted by molar-refractivity contribution is 6.73. The van der Waals surface area contributed by atoms with Gasteiger partial charge in [-0.1, -0.05) is 57.2 Å². The predicted octanol–water partition coefficient (Wildman–Crippen LogP) is 4.84. The van der Waals surface area contributed by atoms with E-state index >= 15 is 0 Å². The summed E-state index contributed by atoms with van der Waals surface area (Å²) in [5, 5.41) is 2.61. The van der Waals surface area contributed by atoms with Crippen molar-refractivity contribution < 1.29 is 14.0 Å². The van der Waals surface area contributed by atoms with Gasteiger partial charge in [-0.05, 0) is 30.1 Å². The maximum absolute atomic E-state index is 11.5. The maximum Gasteiger partial charge on any atom is 0.411 e. The molecule has 0 aromatic heterocycles. The van der Waals surface area contributed by atoms with Crippen molar-refractivity contribution in [3.8, 4) is 0 Å². The lowest BCUT2D eigenvalue weighted by Crippen LogP contribution is -2.35. The molecule has 4 nitrogen and oxygen atoms in total. The molecule has 0 fully saturated rings. The summed E-state index contributed by atoms with van der Waals surface area (Å²) in [5.41, 5.74) is 0.972.